The zero-order chi connectivity index (χ0) is 17.5. The first-order valence-corrected chi connectivity index (χ1v) is 6.66. The number of nitrogens with zero attached hydrogens (tertiary/aromatic N) is 1. The highest BCUT2D eigenvalue weighted by Gasteiger charge is 2.32. The van der Waals surface area contributed by atoms with E-state index < -0.39 is 24.8 Å². The van der Waals surface area contributed by atoms with Crippen LogP contribution in [0.15, 0.2) is 48.5 Å². The van der Waals surface area contributed by atoms with Gasteiger partial charge >= 0.3 is 11.8 Å². The molecule has 5 heteroatoms. The van der Waals surface area contributed by atoms with Crippen molar-refractivity contribution in [3.8, 4) is 0 Å². The molecule has 0 saturated heterocycles. The summed E-state index contributed by atoms with van der Waals surface area (Å²) in [5.41, 5.74) is 1.30. The lowest BCUT2D eigenvalue weighted by molar-refractivity contribution is -0.137. The van der Waals surface area contributed by atoms with Crippen molar-refractivity contribution in [2.45, 2.75) is 6.04 Å². The Kier molecular flexibility index (Phi) is 2.59. The number of fused-ring (bicyclic) bond motifs is 1. The lowest BCUT2D eigenvalue weighted by atomic mass is 9.97. The van der Waals surface area contributed by atoms with E-state index in [0.717, 1.165) is 5.56 Å². The molecule has 1 N–H and O–H groups in total. The number of benzene rings is 2. The Hall–Kier alpha value is -2.33. The summed E-state index contributed by atoms with van der Waals surface area (Å²) in [6.07, 6.45) is 0. The van der Waals surface area contributed by atoms with Crippen molar-refractivity contribution in [3.05, 3.63) is 64.7 Å². The summed E-state index contributed by atoms with van der Waals surface area (Å²) in [5.74, 6) is -2.11. The van der Waals surface area contributed by atoms with Gasteiger partial charge in [-0.25, -0.2) is 0 Å². The predicted molar refractivity (Wildman–Crippen MR) is 81.3 cm³/mol. The molecule has 3 rings (SSSR count). The van der Waals surface area contributed by atoms with Crippen molar-refractivity contribution in [3.63, 3.8) is 0 Å². The van der Waals surface area contributed by atoms with Crippen LogP contribution in [-0.4, -0.2) is 18.8 Å². The molecular formula is C16H13ClN2O2. The van der Waals surface area contributed by atoms with Crippen molar-refractivity contribution < 1.29 is 13.7 Å². The zero-order valence-electron chi connectivity index (χ0n) is 13.8. The number of carbonyl (C=O) groups is 2. The fraction of sp³-hybridized carbons (Fsp3) is 0.125. The molecule has 21 heavy (non-hydrogen) atoms. The summed E-state index contributed by atoms with van der Waals surface area (Å²) >= 11 is 6.06. The van der Waals surface area contributed by atoms with Crippen molar-refractivity contribution >= 4 is 29.1 Å². The van der Waals surface area contributed by atoms with E-state index in [4.69, 9.17) is 15.7 Å². The van der Waals surface area contributed by atoms with Gasteiger partial charge in [-0.1, -0.05) is 41.9 Å². The summed E-state index contributed by atoms with van der Waals surface area (Å²) < 4.78 is 22.9. The summed E-state index contributed by atoms with van der Waals surface area (Å²) in [5, 5.41) is 2.97. The molecule has 0 aliphatic carbocycles. The van der Waals surface area contributed by atoms with Crippen LogP contribution in [0.1, 0.15) is 21.3 Å². The first-order valence-electron chi connectivity index (χ1n) is 7.78. The van der Waals surface area contributed by atoms with E-state index in [9.17, 15) is 9.59 Å². The molecule has 1 atom stereocenters. The molecule has 0 bridgehead atoms. The predicted octanol–water partition coefficient (Wildman–Crippen LogP) is 2.52. The number of rotatable bonds is 1. The maximum Gasteiger partial charge on any atom is 0.316 e. The van der Waals surface area contributed by atoms with Gasteiger partial charge in [-0.3, -0.25) is 9.59 Å². The van der Waals surface area contributed by atoms with Crippen LogP contribution in [0.3, 0.4) is 0 Å². The molecular weight excluding hydrogens is 289 g/mol. The molecule has 0 radical (unpaired) electrons. The molecule has 4 nitrogen and oxygen atoms in total. The summed E-state index contributed by atoms with van der Waals surface area (Å²) in [6.45, 7) is -2.79. The Balaban J connectivity index is 2.26. The molecule has 0 aromatic heterocycles. The van der Waals surface area contributed by atoms with E-state index in [2.05, 4.69) is 5.32 Å². The standard InChI is InChI=1S/C16H13ClN2O2/c1-19-13-8-7-11(17)9-12(13)14(18-15(20)16(19)21)10-5-3-2-4-6-10/h2-9,14H,1H3,(H,18,20)/i1+1D3. The summed E-state index contributed by atoms with van der Waals surface area (Å²) in [4.78, 5) is 25.1. The number of anilines is 1. The minimum absolute atomic E-state index is 0.136. The van der Waals surface area contributed by atoms with Crippen LogP contribution in [0.25, 0.3) is 0 Å². The van der Waals surface area contributed by atoms with Gasteiger partial charge in [0.1, 0.15) is 0 Å². The molecule has 1 aliphatic rings. The van der Waals surface area contributed by atoms with Gasteiger partial charge in [0.15, 0.2) is 0 Å². The van der Waals surface area contributed by atoms with Crippen LogP contribution in [0.2, 0.25) is 5.02 Å². The van der Waals surface area contributed by atoms with E-state index in [0.29, 0.717) is 15.5 Å². The van der Waals surface area contributed by atoms with Gasteiger partial charge in [0, 0.05) is 27.4 Å². The van der Waals surface area contributed by atoms with E-state index in [1.165, 1.54) is 12.1 Å². The molecule has 1 unspecified atom stereocenters. The minimum atomic E-state index is -2.79. The maximum absolute atomic E-state index is 12.3. The fourth-order valence-electron chi connectivity index (χ4n) is 2.35. The Labute approximate surface area is 131 Å². The van der Waals surface area contributed by atoms with Crippen LogP contribution in [0.5, 0.6) is 0 Å². The Morgan fingerprint density at radius 3 is 2.67 bits per heavy atom. The number of carbonyl (C=O) groups excluding carboxylic acids is 2. The second kappa shape index (κ2) is 5.22. The van der Waals surface area contributed by atoms with Gasteiger partial charge in [-0.15, -0.1) is 0 Å². The molecule has 0 spiro atoms. The molecule has 2 aromatic carbocycles. The second-order valence-electron chi connectivity index (χ2n) is 4.66. The van der Waals surface area contributed by atoms with Crippen molar-refractivity contribution in [1.29, 1.82) is 0 Å². The van der Waals surface area contributed by atoms with Crippen molar-refractivity contribution in [2.75, 3.05) is 11.9 Å². The molecule has 2 amide bonds. The molecule has 0 saturated carbocycles. The largest absolute Gasteiger partial charge is 0.337 e. The van der Waals surface area contributed by atoms with E-state index >= 15 is 0 Å². The van der Waals surface area contributed by atoms with Gasteiger partial charge < -0.3 is 10.2 Å². The molecule has 106 valence electrons. The average Bonchev–Trinajstić information content (AvgIpc) is 2.63. The fourth-order valence-corrected chi connectivity index (χ4v) is 2.53. The topological polar surface area (TPSA) is 49.4 Å². The van der Waals surface area contributed by atoms with Crippen molar-refractivity contribution in [2.24, 2.45) is 0 Å². The number of nitrogens with one attached hydrogen (secondary N) is 1. The number of halogens is 1. The van der Waals surface area contributed by atoms with Crippen LogP contribution in [-0.2, 0) is 9.59 Å². The second-order valence-corrected chi connectivity index (χ2v) is 5.10. The first kappa shape index (κ1) is 10.4. The van der Waals surface area contributed by atoms with E-state index in [-0.39, 0.29) is 5.69 Å². The smallest absolute Gasteiger partial charge is 0.316 e. The Morgan fingerprint density at radius 2 is 1.95 bits per heavy atom. The summed E-state index contributed by atoms with van der Waals surface area (Å²) in [6, 6.07) is 12.8. The summed E-state index contributed by atoms with van der Waals surface area (Å²) in [7, 11) is 0. The lowest BCUT2D eigenvalue weighted by Gasteiger charge is -2.20. The quantitative estimate of drug-likeness (QED) is 0.650. The van der Waals surface area contributed by atoms with Crippen LogP contribution in [0, 0.1) is 0 Å². The average molecular weight is 305 g/mol. The Morgan fingerprint density at radius 1 is 1.19 bits per heavy atom. The monoisotopic (exact) mass is 304 g/mol. The van der Waals surface area contributed by atoms with Gasteiger partial charge in [-0.05, 0) is 23.8 Å². The maximum atomic E-state index is 12.3. The minimum Gasteiger partial charge on any atom is -0.337 e. The highest BCUT2D eigenvalue weighted by molar-refractivity contribution is 6.41. The first-order chi connectivity index (χ1) is 11.3. The lowest BCUT2D eigenvalue weighted by Crippen LogP contribution is -2.39. The van der Waals surface area contributed by atoms with Gasteiger partial charge in [0.05, 0.1) is 6.04 Å². The highest BCUT2D eigenvalue weighted by Crippen LogP contribution is 2.34. The molecule has 1 aliphatic heterocycles. The van der Waals surface area contributed by atoms with Crippen LogP contribution < -0.4 is 10.2 Å². The third-order valence-corrected chi connectivity index (χ3v) is 3.58. The number of hydrogen-bond donors (Lipinski definition) is 1. The van der Waals surface area contributed by atoms with Gasteiger partial charge in [0.25, 0.3) is 0 Å². The van der Waals surface area contributed by atoms with Crippen LogP contribution in [0.4, 0.5) is 5.69 Å². The third-order valence-electron chi connectivity index (χ3n) is 3.35. The highest BCUT2D eigenvalue weighted by atomic mass is 35.5. The Bertz CT molecular complexity index is 809. The number of likely N-dealkylation sites (N-methyl/N-ethyl adjacent to an activating group) is 1. The van der Waals surface area contributed by atoms with Gasteiger partial charge in [-0.2, -0.15) is 0 Å². The SMILES string of the molecule is [2H][13C]([2H])([2H])N1C(=O)C(=O)NC(c2ccccc2)c2cc(Cl)ccc21. The van der Waals surface area contributed by atoms with Gasteiger partial charge in [0.2, 0.25) is 0 Å². The van der Waals surface area contributed by atoms with Crippen molar-refractivity contribution in [1.82, 2.24) is 5.32 Å². The van der Waals surface area contributed by atoms with E-state index in [1.54, 1.807) is 30.3 Å². The molecule has 0 fully saturated rings. The molecule has 2 aromatic rings. The number of hydrogen-bond acceptors (Lipinski definition) is 2. The zero-order valence-corrected chi connectivity index (χ0v) is 11.6. The normalized spacial score (nSPS) is 20.7. The number of amides is 2. The molecule has 1 heterocycles. The third kappa shape index (κ3) is 2.38. The van der Waals surface area contributed by atoms with Crippen LogP contribution >= 0.6 is 11.6 Å². The van der Waals surface area contributed by atoms with E-state index in [1.807, 2.05) is 6.07 Å².